The van der Waals surface area contributed by atoms with Crippen molar-refractivity contribution < 1.29 is 14.3 Å². The molecule has 0 unspecified atom stereocenters. The lowest BCUT2D eigenvalue weighted by molar-refractivity contribution is 0.0597. The van der Waals surface area contributed by atoms with Gasteiger partial charge < -0.3 is 15.2 Å². The van der Waals surface area contributed by atoms with Gasteiger partial charge in [-0.25, -0.2) is 4.79 Å². The zero-order chi connectivity index (χ0) is 14.4. The Hall–Kier alpha value is -2.56. The Morgan fingerprint density at radius 1 is 1.25 bits per heavy atom. The molecule has 0 aliphatic carbocycles. The lowest BCUT2D eigenvalue weighted by atomic mass is 10.1. The van der Waals surface area contributed by atoms with Crippen molar-refractivity contribution in [2.24, 2.45) is 0 Å². The van der Waals surface area contributed by atoms with Crippen LogP contribution in [0.15, 0.2) is 42.6 Å². The van der Waals surface area contributed by atoms with E-state index in [1.54, 1.807) is 24.4 Å². The minimum absolute atomic E-state index is 0.260. The van der Waals surface area contributed by atoms with Gasteiger partial charge in [-0.05, 0) is 24.3 Å². The summed E-state index contributed by atoms with van der Waals surface area (Å²) in [5, 5.41) is 0. The molecule has 20 heavy (non-hydrogen) atoms. The fourth-order valence-corrected chi connectivity index (χ4v) is 1.80. The highest BCUT2D eigenvalue weighted by molar-refractivity contribution is 5.98. The van der Waals surface area contributed by atoms with Crippen LogP contribution in [0.3, 0.4) is 0 Å². The number of methoxy groups -OCH3 is 1. The third-order valence-corrected chi connectivity index (χ3v) is 2.79. The highest BCUT2D eigenvalue weighted by Gasteiger charge is 2.16. The van der Waals surface area contributed by atoms with Crippen molar-refractivity contribution in [3.8, 4) is 5.75 Å². The van der Waals surface area contributed by atoms with Gasteiger partial charge >= 0.3 is 5.97 Å². The zero-order valence-corrected chi connectivity index (χ0v) is 11.2. The van der Waals surface area contributed by atoms with Gasteiger partial charge in [-0.15, -0.1) is 0 Å². The first kappa shape index (κ1) is 13.9. The number of hydrogen-bond donors (Lipinski definition) is 1. The molecule has 0 saturated carbocycles. The van der Waals surface area contributed by atoms with Crippen LogP contribution < -0.4 is 10.5 Å². The molecule has 5 heteroatoms. The van der Waals surface area contributed by atoms with Gasteiger partial charge in [0.05, 0.1) is 13.7 Å². The molecule has 0 aliphatic rings. The number of nitrogens with zero attached hydrogens (tertiary/aromatic N) is 1. The van der Waals surface area contributed by atoms with Gasteiger partial charge in [-0.2, -0.15) is 0 Å². The van der Waals surface area contributed by atoms with E-state index < -0.39 is 5.97 Å². The third kappa shape index (κ3) is 3.26. The molecule has 0 radical (unpaired) electrons. The maximum atomic E-state index is 11.7. The van der Waals surface area contributed by atoms with Gasteiger partial charge in [0.15, 0.2) is 0 Å². The molecule has 0 atom stereocenters. The van der Waals surface area contributed by atoms with Crippen LogP contribution in [-0.2, 0) is 11.2 Å². The molecule has 0 saturated heterocycles. The van der Waals surface area contributed by atoms with Crippen LogP contribution in [-0.4, -0.2) is 24.7 Å². The number of carbonyl (C=O) groups excluding carboxylic acids is 1. The summed E-state index contributed by atoms with van der Waals surface area (Å²) in [4.78, 5) is 15.9. The van der Waals surface area contributed by atoms with E-state index in [4.69, 9.17) is 15.2 Å². The molecular weight excluding hydrogens is 256 g/mol. The molecule has 2 N–H and O–H groups in total. The number of hydrogen-bond acceptors (Lipinski definition) is 5. The second kappa shape index (κ2) is 6.56. The van der Waals surface area contributed by atoms with Crippen LogP contribution in [0.5, 0.6) is 5.75 Å². The van der Waals surface area contributed by atoms with Crippen molar-refractivity contribution in [2.45, 2.75) is 6.42 Å². The maximum Gasteiger partial charge on any atom is 0.343 e. The summed E-state index contributed by atoms with van der Waals surface area (Å²) in [6.07, 6.45) is 2.38. The van der Waals surface area contributed by atoms with Gasteiger partial charge in [-0.1, -0.05) is 12.1 Å². The minimum atomic E-state index is -0.504. The lowest BCUT2D eigenvalue weighted by Gasteiger charge is -2.11. The van der Waals surface area contributed by atoms with Crippen LogP contribution in [0.2, 0.25) is 0 Å². The standard InChI is InChI=1S/C15H16N2O3/c1-19-15(18)14-12(16)6-4-7-13(14)20-10-8-11-5-2-3-9-17-11/h2-7,9H,8,10,16H2,1H3. The number of esters is 1. The van der Waals surface area contributed by atoms with Crippen LogP contribution in [0, 0.1) is 0 Å². The number of nitrogen functional groups attached to an aromatic ring is 1. The lowest BCUT2D eigenvalue weighted by Crippen LogP contribution is -2.10. The first-order chi connectivity index (χ1) is 9.72. The number of aromatic nitrogens is 1. The van der Waals surface area contributed by atoms with Crippen LogP contribution in [0.1, 0.15) is 16.1 Å². The maximum absolute atomic E-state index is 11.7. The average Bonchev–Trinajstić information content (AvgIpc) is 2.48. The number of pyridine rings is 1. The van der Waals surface area contributed by atoms with Crippen LogP contribution in [0.4, 0.5) is 5.69 Å². The van der Waals surface area contributed by atoms with E-state index >= 15 is 0 Å². The first-order valence-corrected chi connectivity index (χ1v) is 6.22. The summed E-state index contributed by atoms with van der Waals surface area (Å²) in [5.74, 6) is -0.0799. The second-order valence-corrected chi connectivity index (χ2v) is 4.13. The average molecular weight is 272 g/mol. The molecule has 0 amide bonds. The van der Waals surface area contributed by atoms with E-state index in [9.17, 15) is 4.79 Å². The highest BCUT2D eigenvalue weighted by atomic mass is 16.5. The predicted octanol–water partition coefficient (Wildman–Crippen LogP) is 2.07. The van der Waals surface area contributed by atoms with Gasteiger partial charge in [-0.3, -0.25) is 4.98 Å². The Labute approximate surface area is 117 Å². The molecule has 1 aromatic carbocycles. The number of anilines is 1. The quantitative estimate of drug-likeness (QED) is 0.666. The SMILES string of the molecule is COC(=O)c1c(N)cccc1OCCc1ccccn1. The van der Waals surface area contributed by atoms with E-state index in [0.717, 1.165) is 5.69 Å². The molecule has 0 bridgehead atoms. The Balaban J connectivity index is 2.06. The van der Waals surface area contributed by atoms with Crippen molar-refractivity contribution in [3.05, 3.63) is 53.9 Å². The van der Waals surface area contributed by atoms with Crippen molar-refractivity contribution >= 4 is 11.7 Å². The largest absolute Gasteiger partial charge is 0.492 e. The van der Waals surface area contributed by atoms with Crippen LogP contribution >= 0.6 is 0 Å². The van der Waals surface area contributed by atoms with Gasteiger partial charge in [0, 0.05) is 24.0 Å². The molecule has 2 aromatic rings. The van der Waals surface area contributed by atoms with Gasteiger partial charge in [0.25, 0.3) is 0 Å². The molecule has 1 aromatic heterocycles. The molecule has 0 spiro atoms. The molecule has 0 aliphatic heterocycles. The molecule has 1 heterocycles. The molecule has 104 valence electrons. The predicted molar refractivity (Wildman–Crippen MR) is 75.6 cm³/mol. The fourth-order valence-electron chi connectivity index (χ4n) is 1.80. The minimum Gasteiger partial charge on any atom is -0.492 e. The fraction of sp³-hybridized carbons (Fsp3) is 0.200. The third-order valence-electron chi connectivity index (χ3n) is 2.79. The summed E-state index contributed by atoms with van der Waals surface area (Å²) < 4.78 is 10.3. The van der Waals surface area contributed by atoms with Crippen molar-refractivity contribution in [2.75, 3.05) is 19.5 Å². The van der Waals surface area contributed by atoms with E-state index in [1.807, 2.05) is 18.2 Å². The Morgan fingerprint density at radius 2 is 2.10 bits per heavy atom. The summed E-state index contributed by atoms with van der Waals surface area (Å²) in [5.41, 5.74) is 7.31. The number of carbonyl (C=O) groups is 1. The summed E-state index contributed by atoms with van der Waals surface area (Å²) in [6, 6.07) is 10.8. The molecule has 0 fully saturated rings. The molecule has 2 rings (SSSR count). The van der Waals surface area contributed by atoms with Crippen molar-refractivity contribution in [3.63, 3.8) is 0 Å². The normalized spacial score (nSPS) is 10.1. The highest BCUT2D eigenvalue weighted by Crippen LogP contribution is 2.25. The number of nitrogens with two attached hydrogens (primary N) is 1. The van der Waals surface area contributed by atoms with Gasteiger partial charge in [0.1, 0.15) is 11.3 Å². The second-order valence-electron chi connectivity index (χ2n) is 4.13. The van der Waals surface area contributed by atoms with Crippen molar-refractivity contribution in [1.29, 1.82) is 0 Å². The Morgan fingerprint density at radius 3 is 2.80 bits per heavy atom. The summed E-state index contributed by atoms with van der Waals surface area (Å²) in [6.45, 7) is 0.407. The molecule has 5 nitrogen and oxygen atoms in total. The monoisotopic (exact) mass is 272 g/mol. The number of benzene rings is 1. The van der Waals surface area contributed by atoms with Gasteiger partial charge in [0.2, 0.25) is 0 Å². The topological polar surface area (TPSA) is 74.4 Å². The van der Waals surface area contributed by atoms with E-state index in [1.165, 1.54) is 7.11 Å². The summed E-state index contributed by atoms with van der Waals surface area (Å²) >= 11 is 0. The van der Waals surface area contributed by atoms with Crippen molar-refractivity contribution in [1.82, 2.24) is 4.98 Å². The van der Waals surface area contributed by atoms with E-state index in [-0.39, 0.29) is 5.56 Å². The Bertz CT molecular complexity index is 585. The number of rotatable bonds is 5. The smallest absolute Gasteiger partial charge is 0.343 e. The van der Waals surface area contributed by atoms with E-state index in [2.05, 4.69) is 4.98 Å². The zero-order valence-electron chi connectivity index (χ0n) is 11.2. The molecular formula is C15H16N2O3. The first-order valence-electron chi connectivity index (χ1n) is 6.22. The summed E-state index contributed by atoms with van der Waals surface area (Å²) in [7, 11) is 1.31. The van der Waals surface area contributed by atoms with Crippen LogP contribution in [0.25, 0.3) is 0 Å². The van der Waals surface area contributed by atoms with E-state index in [0.29, 0.717) is 24.5 Å². The Kier molecular flexibility index (Phi) is 4.55. The number of ether oxygens (including phenoxy) is 2.